The monoisotopic (exact) mass is 368 g/mol. The van der Waals surface area contributed by atoms with Crippen molar-refractivity contribution in [2.24, 2.45) is 0 Å². The van der Waals surface area contributed by atoms with Gasteiger partial charge in [0.1, 0.15) is 5.82 Å². The van der Waals surface area contributed by atoms with Gasteiger partial charge in [-0.2, -0.15) is 0 Å². The predicted molar refractivity (Wildman–Crippen MR) is 117 cm³/mol. The molecule has 0 amide bonds. The van der Waals surface area contributed by atoms with Gasteiger partial charge in [0.05, 0.1) is 5.52 Å². The number of para-hydroxylation sites is 1. The number of hydrogen-bond donors (Lipinski definition) is 1. The summed E-state index contributed by atoms with van der Waals surface area (Å²) in [7, 11) is 0. The van der Waals surface area contributed by atoms with Crippen molar-refractivity contribution >= 4 is 22.4 Å². The van der Waals surface area contributed by atoms with Crippen LogP contribution < -0.4 is 10.2 Å². The Hall–Kier alpha value is -3.40. The van der Waals surface area contributed by atoms with Crippen molar-refractivity contribution < 1.29 is 0 Å². The highest BCUT2D eigenvalue weighted by molar-refractivity contribution is 5.92. The highest BCUT2D eigenvalue weighted by Gasteiger charge is 2.09. The fourth-order valence-corrected chi connectivity index (χ4v) is 3.42. The Labute approximate surface area is 165 Å². The molecule has 0 aliphatic carbocycles. The van der Waals surface area contributed by atoms with Gasteiger partial charge in [0.2, 0.25) is 0 Å². The van der Waals surface area contributed by atoms with Gasteiger partial charge in [-0.3, -0.25) is 4.98 Å². The molecule has 28 heavy (non-hydrogen) atoms. The van der Waals surface area contributed by atoms with Crippen LogP contribution in [0.15, 0.2) is 85.2 Å². The van der Waals surface area contributed by atoms with E-state index in [-0.39, 0.29) is 0 Å². The molecule has 0 atom stereocenters. The van der Waals surface area contributed by atoms with E-state index in [1.807, 2.05) is 36.7 Å². The molecule has 0 saturated carbocycles. The molecule has 0 unspecified atom stereocenters. The third-order valence-corrected chi connectivity index (χ3v) is 4.86. The molecular weight excluding hydrogens is 344 g/mol. The quantitative estimate of drug-likeness (QED) is 0.495. The second kappa shape index (κ2) is 8.53. The molecule has 2 heterocycles. The number of fused-ring (bicyclic) bond motifs is 1. The molecule has 2 aromatic carbocycles. The number of aryl methyl sites for hydroxylation is 1. The summed E-state index contributed by atoms with van der Waals surface area (Å²) in [6.07, 6.45) is 3.72. The first-order valence-electron chi connectivity index (χ1n) is 9.59. The van der Waals surface area contributed by atoms with Crippen LogP contribution in [-0.2, 0) is 6.54 Å². The summed E-state index contributed by atoms with van der Waals surface area (Å²) in [5, 5.41) is 4.75. The third kappa shape index (κ3) is 4.12. The van der Waals surface area contributed by atoms with Gasteiger partial charge in [-0.25, -0.2) is 4.98 Å². The van der Waals surface area contributed by atoms with Gasteiger partial charge in [-0.15, -0.1) is 0 Å². The molecule has 4 rings (SSSR count). The van der Waals surface area contributed by atoms with Crippen LogP contribution in [0.4, 0.5) is 11.5 Å². The first kappa shape index (κ1) is 18.0. The van der Waals surface area contributed by atoms with E-state index in [0.29, 0.717) is 0 Å². The average Bonchev–Trinajstić information content (AvgIpc) is 2.75. The SMILES string of the molecule is Cc1cccc2c(NCCN(Cc3ccccc3)c3ccccn3)ccnc12. The van der Waals surface area contributed by atoms with Crippen LogP contribution >= 0.6 is 0 Å². The third-order valence-electron chi connectivity index (χ3n) is 4.86. The summed E-state index contributed by atoms with van der Waals surface area (Å²) in [5.74, 6) is 0.989. The normalized spacial score (nSPS) is 10.8. The van der Waals surface area contributed by atoms with Gasteiger partial charge in [-0.05, 0) is 36.2 Å². The van der Waals surface area contributed by atoms with Crippen LogP contribution in [0.3, 0.4) is 0 Å². The zero-order valence-electron chi connectivity index (χ0n) is 16.0. The minimum atomic E-state index is 0.816. The fraction of sp³-hybridized carbons (Fsp3) is 0.167. The molecule has 2 aromatic heterocycles. The van der Waals surface area contributed by atoms with E-state index in [0.717, 1.165) is 42.0 Å². The molecule has 0 saturated heterocycles. The van der Waals surface area contributed by atoms with E-state index in [4.69, 9.17) is 0 Å². The minimum Gasteiger partial charge on any atom is -0.383 e. The first-order valence-corrected chi connectivity index (χ1v) is 9.59. The van der Waals surface area contributed by atoms with Crippen LogP contribution in [-0.4, -0.2) is 23.1 Å². The van der Waals surface area contributed by atoms with Crippen molar-refractivity contribution in [2.75, 3.05) is 23.3 Å². The van der Waals surface area contributed by atoms with E-state index < -0.39 is 0 Å². The summed E-state index contributed by atoms with van der Waals surface area (Å²) < 4.78 is 0. The van der Waals surface area contributed by atoms with Crippen LogP contribution in [0.5, 0.6) is 0 Å². The molecule has 0 aliphatic heterocycles. The second-order valence-corrected chi connectivity index (χ2v) is 6.85. The van der Waals surface area contributed by atoms with Crippen LogP contribution in [0.1, 0.15) is 11.1 Å². The Kier molecular flexibility index (Phi) is 5.48. The number of rotatable bonds is 7. The maximum Gasteiger partial charge on any atom is 0.128 e. The second-order valence-electron chi connectivity index (χ2n) is 6.85. The molecule has 0 fully saturated rings. The number of nitrogens with one attached hydrogen (secondary N) is 1. The molecule has 4 nitrogen and oxygen atoms in total. The zero-order valence-corrected chi connectivity index (χ0v) is 16.0. The standard InChI is InChI=1S/C24H24N4/c1-19-8-7-11-21-22(13-15-27-24(19)21)25-16-17-28(23-12-5-6-14-26-23)18-20-9-3-2-4-10-20/h2-15H,16-18H2,1H3,(H,25,27). The molecule has 0 spiro atoms. The van der Waals surface area contributed by atoms with E-state index in [2.05, 4.69) is 75.6 Å². The van der Waals surface area contributed by atoms with Crippen molar-refractivity contribution in [1.29, 1.82) is 0 Å². The number of hydrogen-bond acceptors (Lipinski definition) is 4. The number of anilines is 2. The van der Waals surface area contributed by atoms with Crippen molar-refractivity contribution in [2.45, 2.75) is 13.5 Å². The summed E-state index contributed by atoms with van der Waals surface area (Å²) in [6, 6.07) is 24.9. The lowest BCUT2D eigenvalue weighted by atomic mass is 10.1. The summed E-state index contributed by atoms with van der Waals surface area (Å²) >= 11 is 0. The van der Waals surface area contributed by atoms with Gasteiger partial charge in [-0.1, -0.05) is 54.6 Å². The average molecular weight is 368 g/mol. The highest BCUT2D eigenvalue weighted by atomic mass is 15.2. The topological polar surface area (TPSA) is 41.0 Å². The van der Waals surface area contributed by atoms with Gasteiger partial charge < -0.3 is 10.2 Å². The van der Waals surface area contributed by atoms with Gasteiger partial charge >= 0.3 is 0 Å². The first-order chi connectivity index (χ1) is 13.8. The van der Waals surface area contributed by atoms with Crippen molar-refractivity contribution in [3.63, 3.8) is 0 Å². The van der Waals surface area contributed by atoms with E-state index in [1.54, 1.807) is 0 Å². The Balaban J connectivity index is 1.50. The van der Waals surface area contributed by atoms with Gasteiger partial charge in [0, 0.05) is 43.1 Å². The molecule has 0 bridgehead atoms. The van der Waals surface area contributed by atoms with Crippen LogP contribution in [0, 0.1) is 6.92 Å². The molecular formula is C24H24N4. The fourth-order valence-electron chi connectivity index (χ4n) is 3.42. The number of nitrogens with zero attached hydrogens (tertiary/aromatic N) is 3. The highest BCUT2D eigenvalue weighted by Crippen LogP contribution is 2.23. The summed E-state index contributed by atoms with van der Waals surface area (Å²) in [6.45, 7) is 4.59. The van der Waals surface area contributed by atoms with Gasteiger partial charge in [0.25, 0.3) is 0 Å². The molecule has 0 radical (unpaired) electrons. The molecule has 0 aliphatic rings. The lowest BCUT2D eigenvalue weighted by Crippen LogP contribution is -2.29. The molecule has 4 aromatic rings. The lowest BCUT2D eigenvalue weighted by molar-refractivity contribution is 0.790. The van der Waals surface area contributed by atoms with E-state index >= 15 is 0 Å². The lowest BCUT2D eigenvalue weighted by Gasteiger charge is -2.24. The molecule has 1 N–H and O–H groups in total. The van der Waals surface area contributed by atoms with Crippen molar-refractivity contribution in [3.8, 4) is 0 Å². The largest absolute Gasteiger partial charge is 0.383 e. The van der Waals surface area contributed by atoms with Gasteiger partial charge in [0.15, 0.2) is 0 Å². The zero-order chi connectivity index (χ0) is 19.2. The van der Waals surface area contributed by atoms with E-state index in [1.165, 1.54) is 11.1 Å². The van der Waals surface area contributed by atoms with Crippen LogP contribution in [0.2, 0.25) is 0 Å². The maximum atomic E-state index is 4.55. The molecule has 4 heteroatoms. The Morgan fingerprint density at radius 2 is 1.68 bits per heavy atom. The summed E-state index contributed by atoms with van der Waals surface area (Å²) in [4.78, 5) is 11.4. The minimum absolute atomic E-state index is 0.816. The van der Waals surface area contributed by atoms with Crippen molar-refractivity contribution in [3.05, 3.63) is 96.3 Å². The Bertz CT molecular complexity index is 1030. The van der Waals surface area contributed by atoms with Crippen molar-refractivity contribution in [1.82, 2.24) is 9.97 Å². The predicted octanol–water partition coefficient (Wildman–Crippen LogP) is 5.06. The molecule has 140 valence electrons. The number of aromatic nitrogens is 2. The van der Waals surface area contributed by atoms with E-state index in [9.17, 15) is 0 Å². The summed E-state index contributed by atoms with van der Waals surface area (Å²) in [5.41, 5.74) is 4.64. The van der Waals surface area contributed by atoms with Crippen LogP contribution in [0.25, 0.3) is 10.9 Å². The number of benzene rings is 2. The maximum absolute atomic E-state index is 4.55. The smallest absolute Gasteiger partial charge is 0.128 e. The Morgan fingerprint density at radius 1 is 0.821 bits per heavy atom. The number of pyridine rings is 2. The Morgan fingerprint density at radius 3 is 2.50 bits per heavy atom.